The highest BCUT2D eigenvalue weighted by atomic mass is 16.6. The van der Waals surface area contributed by atoms with Crippen LogP contribution in [-0.2, 0) is 9.53 Å². The van der Waals surface area contributed by atoms with Crippen LogP contribution in [-0.4, -0.2) is 28.6 Å². The summed E-state index contributed by atoms with van der Waals surface area (Å²) < 4.78 is 16.6. The summed E-state index contributed by atoms with van der Waals surface area (Å²) in [5, 5.41) is 0.482. The van der Waals surface area contributed by atoms with Crippen molar-refractivity contribution in [2.24, 2.45) is 0 Å². The van der Waals surface area contributed by atoms with Gasteiger partial charge in [-0.3, -0.25) is 4.79 Å². The zero-order valence-corrected chi connectivity index (χ0v) is 14.0. The first kappa shape index (κ1) is 16.1. The van der Waals surface area contributed by atoms with Gasteiger partial charge in [0.2, 0.25) is 6.10 Å². The minimum absolute atomic E-state index is 0.0598. The number of aromatic amines is 1. The van der Waals surface area contributed by atoms with Gasteiger partial charge in [-0.05, 0) is 31.2 Å². The van der Waals surface area contributed by atoms with E-state index in [9.17, 15) is 9.59 Å². The van der Waals surface area contributed by atoms with Crippen molar-refractivity contribution in [1.29, 1.82) is 0 Å². The minimum Gasteiger partial charge on any atom is -0.485 e. The number of rotatable bonds is 3. The van der Waals surface area contributed by atoms with Crippen molar-refractivity contribution >= 4 is 16.9 Å². The molecule has 0 amide bonds. The Labute approximate surface area is 148 Å². The summed E-state index contributed by atoms with van der Waals surface area (Å²) in [6, 6.07) is 14.1. The maximum absolute atomic E-state index is 12.4. The van der Waals surface area contributed by atoms with Gasteiger partial charge in [0, 0.05) is 0 Å². The number of nitrogens with one attached hydrogen (secondary N) is 1. The summed E-state index contributed by atoms with van der Waals surface area (Å²) in [6.07, 6.45) is -1.61. The molecule has 7 nitrogen and oxygen atoms in total. The summed E-state index contributed by atoms with van der Waals surface area (Å²) in [5.74, 6) is 0.776. The van der Waals surface area contributed by atoms with E-state index in [-0.39, 0.29) is 18.0 Å². The Morgan fingerprint density at radius 3 is 2.77 bits per heavy atom. The van der Waals surface area contributed by atoms with Gasteiger partial charge in [0.05, 0.1) is 10.9 Å². The number of nitrogens with zero attached hydrogens (tertiary/aromatic N) is 1. The van der Waals surface area contributed by atoms with Crippen LogP contribution in [0.15, 0.2) is 53.3 Å². The molecular formula is C19H16N2O5. The highest BCUT2D eigenvalue weighted by Crippen LogP contribution is 2.31. The standard InChI is InChI=1S/C19H16N2O5/c1-11(17-20-13-7-3-2-6-12(13)18(22)21-17)25-19(23)16-10-24-14-8-4-5-9-15(14)26-16/h2-9,11,16H,10H2,1H3,(H,20,21,22)/t11-,16+/m1/s1. The van der Waals surface area contributed by atoms with Gasteiger partial charge in [0.1, 0.15) is 6.61 Å². The first-order valence-corrected chi connectivity index (χ1v) is 8.20. The summed E-state index contributed by atoms with van der Waals surface area (Å²) in [5.41, 5.74) is 0.264. The molecule has 26 heavy (non-hydrogen) atoms. The van der Waals surface area contributed by atoms with Gasteiger partial charge in [-0.1, -0.05) is 24.3 Å². The number of carbonyl (C=O) groups is 1. The van der Waals surface area contributed by atoms with E-state index in [1.807, 2.05) is 6.07 Å². The van der Waals surface area contributed by atoms with Crippen LogP contribution in [0.3, 0.4) is 0 Å². The normalized spacial score (nSPS) is 16.9. The molecule has 0 spiro atoms. The first-order valence-electron chi connectivity index (χ1n) is 8.20. The molecule has 3 aromatic rings. The van der Waals surface area contributed by atoms with Crippen LogP contribution in [0.4, 0.5) is 0 Å². The Kier molecular flexibility index (Phi) is 4.04. The number of para-hydroxylation sites is 3. The average Bonchev–Trinajstić information content (AvgIpc) is 2.67. The zero-order chi connectivity index (χ0) is 18.1. The fourth-order valence-corrected chi connectivity index (χ4v) is 2.74. The van der Waals surface area contributed by atoms with Crippen LogP contribution in [0, 0.1) is 0 Å². The Morgan fingerprint density at radius 1 is 1.19 bits per heavy atom. The topological polar surface area (TPSA) is 90.5 Å². The Hall–Kier alpha value is -3.35. The third-order valence-electron chi connectivity index (χ3n) is 4.08. The zero-order valence-electron chi connectivity index (χ0n) is 14.0. The molecule has 7 heteroatoms. The molecule has 1 aromatic heterocycles. The Balaban J connectivity index is 1.51. The van der Waals surface area contributed by atoms with E-state index in [0.29, 0.717) is 22.4 Å². The molecule has 1 aliphatic heterocycles. The highest BCUT2D eigenvalue weighted by molar-refractivity contribution is 5.78. The summed E-state index contributed by atoms with van der Waals surface area (Å²) in [4.78, 5) is 31.6. The van der Waals surface area contributed by atoms with Crippen molar-refractivity contribution in [1.82, 2.24) is 9.97 Å². The van der Waals surface area contributed by atoms with Crippen LogP contribution in [0.1, 0.15) is 18.9 Å². The predicted octanol–water partition coefficient (Wildman–Crippen LogP) is 2.37. The molecule has 0 bridgehead atoms. The predicted molar refractivity (Wildman–Crippen MR) is 93.2 cm³/mol. The lowest BCUT2D eigenvalue weighted by molar-refractivity contribution is -0.160. The van der Waals surface area contributed by atoms with Gasteiger partial charge in [0.15, 0.2) is 23.4 Å². The van der Waals surface area contributed by atoms with Crippen molar-refractivity contribution in [3.63, 3.8) is 0 Å². The number of carbonyl (C=O) groups excluding carboxylic acids is 1. The van der Waals surface area contributed by atoms with Crippen molar-refractivity contribution in [3.8, 4) is 11.5 Å². The lowest BCUT2D eigenvalue weighted by Gasteiger charge is -2.25. The number of esters is 1. The average molecular weight is 352 g/mol. The van der Waals surface area contributed by atoms with E-state index >= 15 is 0 Å². The third-order valence-corrected chi connectivity index (χ3v) is 4.08. The molecule has 0 aliphatic carbocycles. The lowest BCUT2D eigenvalue weighted by atomic mass is 10.2. The van der Waals surface area contributed by atoms with E-state index in [0.717, 1.165) is 0 Å². The quantitative estimate of drug-likeness (QED) is 0.728. The fourth-order valence-electron chi connectivity index (χ4n) is 2.74. The second-order valence-corrected chi connectivity index (χ2v) is 5.91. The van der Waals surface area contributed by atoms with E-state index in [2.05, 4.69) is 9.97 Å². The second kappa shape index (κ2) is 6.51. The van der Waals surface area contributed by atoms with Gasteiger partial charge >= 0.3 is 5.97 Å². The number of hydrogen-bond donors (Lipinski definition) is 1. The van der Waals surface area contributed by atoms with E-state index in [1.54, 1.807) is 49.4 Å². The fraction of sp³-hybridized carbons (Fsp3) is 0.211. The molecule has 0 unspecified atom stereocenters. The van der Waals surface area contributed by atoms with Gasteiger partial charge in [-0.15, -0.1) is 0 Å². The molecule has 0 saturated carbocycles. The van der Waals surface area contributed by atoms with Crippen LogP contribution in [0.25, 0.3) is 10.9 Å². The highest BCUT2D eigenvalue weighted by Gasteiger charge is 2.30. The van der Waals surface area contributed by atoms with Crippen molar-refractivity contribution in [2.75, 3.05) is 6.61 Å². The summed E-state index contributed by atoms with van der Waals surface area (Å²) in [7, 11) is 0. The Morgan fingerprint density at radius 2 is 1.92 bits per heavy atom. The summed E-state index contributed by atoms with van der Waals surface area (Å²) >= 11 is 0. The molecule has 1 N–H and O–H groups in total. The van der Waals surface area contributed by atoms with Gasteiger partial charge in [0.25, 0.3) is 5.56 Å². The molecule has 0 radical (unpaired) electrons. The maximum Gasteiger partial charge on any atom is 0.351 e. The number of hydrogen-bond acceptors (Lipinski definition) is 6. The number of fused-ring (bicyclic) bond motifs is 2. The molecular weight excluding hydrogens is 336 g/mol. The monoisotopic (exact) mass is 352 g/mol. The first-order chi connectivity index (χ1) is 12.6. The molecule has 4 rings (SSSR count). The van der Waals surface area contributed by atoms with Crippen LogP contribution >= 0.6 is 0 Å². The van der Waals surface area contributed by atoms with Gasteiger partial charge in [-0.2, -0.15) is 0 Å². The molecule has 2 heterocycles. The molecule has 0 saturated heterocycles. The largest absolute Gasteiger partial charge is 0.485 e. The lowest BCUT2D eigenvalue weighted by Crippen LogP contribution is -2.38. The van der Waals surface area contributed by atoms with Crippen LogP contribution in [0.5, 0.6) is 11.5 Å². The third kappa shape index (κ3) is 2.99. The van der Waals surface area contributed by atoms with E-state index < -0.39 is 18.2 Å². The molecule has 132 valence electrons. The second-order valence-electron chi connectivity index (χ2n) is 5.91. The molecule has 2 atom stereocenters. The van der Waals surface area contributed by atoms with Crippen LogP contribution in [0.2, 0.25) is 0 Å². The SMILES string of the molecule is C[C@@H](OC(=O)[C@@H]1COc2ccccc2O1)c1nc2ccccc2c(=O)[nH]1. The molecule has 2 aromatic carbocycles. The van der Waals surface area contributed by atoms with Crippen molar-refractivity contribution in [3.05, 3.63) is 64.7 Å². The number of benzene rings is 2. The maximum atomic E-state index is 12.4. The van der Waals surface area contributed by atoms with E-state index in [4.69, 9.17) is 14.2 Å². The Bertz CT molecular complexity index is 1030. The molecule has 1 aliphatic rings. The van der Waals surface area contributed by atoms with Gasteiger partial charge < -0.3 is 19.2 Å². The van der Waals surface area contributed by atoms with E-state index in [1.165, 1.54) is 0 Å². The van der Waals surface area contributed by atoms with Crippen molar-refractivity contribution in [2.45, 2.75) is 19.1 Å². The number of ether oxygens (including phenoxy) is 3. The minimum atomic E-state index is -0.875. The summed E-state index contributed by atoms with van der Waals surface area (Å²) in [6.45, 7) is 1.70. The number of H-pyrrole nitrogens is 1. The smallest absolute Gasteiger partial charge is 0.351 e. The molecule has 0 fully saturated rings. The van der Waals surface area contributed by atoms with Gasteiger partial charge in [-0.25, -0.2) is 9.78 Å². The number of aromatic nitrogens is 2. The van der Waals surface area contributed by atoms with Crippen LogP contribution < -0.4 is 15.0 Å². The van der Waals surface area contributed by atoms with Crippen molar-refractivity contribution < 1.29 is 19.0 Å².